The quantitative estimate of drug-likeness (QED) is 0.824. The van der Waals surface area contributed by atoms with E-state index in [0.29, 0.717) is 6.54 Å². The molecule has 7 heteroatoms. The number of benzene rings is 2. The van der Waals surface area contributed by atoms with Gasteiger partial charge in [-0.3, -0.25) is 4.79 Å². The molecule has 2 aromatic carbocycles. The Morgan fingerprint density at radius 3 is 2.50 bits per heavy atom. The Kier molecular flexibility index (Phi) is 5.15. The van der Waals surface area contributed by atoms with E-state index in [1.807, 2.05) is 11.0 Å². The highest BCUT2D eigenvalue weighted by molar-refractivity contribution is 5.94. The van der Waals surface area contributed by atoms with Crippen molar-refractivity contribution >= 4 is 11.6 Å². The Labute approximate surface area is 148 Å². The maximum Gasteiger partial charge on any atom is 0.416 e. The number of piperidine rings is 1. The van der Waals surface area contributed by atoms with Crippen LogP contribution in [0.4, 0.5) is 23.2 Å². The minimum atomic E-state index is -4.43. The number of alkyl halides is 3. The molecular formula is C19H18F4N2O. The van der Waals surface area contributed by atoms with Crippen LogP contribution in [-0.4, -0.2) is 25.0 Å². The van der Waals surface area contributed by atoms with E-state index in [1.165, 1.54) is 24.3 Å². The molecule has 0 bridgehead atoms. The van der Waals surface area contributed by atoms with E-state index in [1.54, 1.807) is 6.07 Å². The standard InChI is InChI=1S/C19H18F4N2O/c20-15-3-1-5-17(11-15)25-10-2-4-16(12-25)24-18(26)13-6-8-14(9-7-13)19(21,22)23/h1,3,5-9,11,16H,2,4,10,12H2,(H,24,26). The Morgan fingerprint density at radius 2 is 1.85 bits per heavy atom. The molecule has 1 unspecified atom stereocenters. The van der Waals surface area contributed by atoms with Crippen molar-refractivity contribution in [2.24, 2.45) is 0 Å². The summed E-state index contributed by atoms with van der Waals surface area (Å²) in [4.78, 5) is 14.3. The van der Waals surface area contributed by atoms with E-state index in [9.17, 15) is 22.4 Å². The van der Waals surface area contributed by atoms with Crippen molar-refractivity contribution in [2.75, 3.05) is 18.0 Å². The molecule has 3 nitrogen and oxygen atoms in total. The molecule has 0 spiro atoms. The predicted octanol–water partition coefficient (Wildman–Crippen LogP) is 4.24. The molecule has 1 atom stereocenters. The molecule has 138 valence electrons. The summed E-state index contributed by atoms with van der Waals surface area (Å²) in [5.41, 5.74) is 0.142. The highest BCUT2D eigenvalue weighted by Crippen LogP contribution is 2.29. The third-order valence-corrected chi connectivity index (χ3v) is 4.40. The van der Waals surface area contributed by atoms with Gasteiger partial charge in [-0.25, -0.2) is 4.39 Å². The minimum absolute atomic E-state index is 0.151. The normalized spacial score (nSPS) is 17.8. The van der Waals surface area contributed by atoms with Crippen LogP contribution < -0.4 is 10.2 Å². The summed E-state index contributed by atoms with van der Waals surface area (Å²) in [6.07, 6.45) is -2.84. The number of halogens is 4. The number of hydrogen-bond donors (Lipinski definition) is 1. The Hall–Kier alpha value is -2.57. The molecule has 26 heavy (non-hydrogen) atoms. The summed E-state index contributed by atoms with van der Waals surface area (Å²) in [5.74, 6) is -0.733. The molecule has 1 aliphatic rings. The lowest BCUT2D eigenvalue weighted by atomic mass is 10.0. The number of carbonyl (C=O) groups is 1. The second-order valence-corrected chi connectivity index (χ2v) is 6.31. The summed E-state index contributed by atoms with van der Waals surface area (Å²) >= 11 is 0. The van der Waals surface area contributed by atoms with Gasteiger partial charge in [-0.15, -0.1) is 0 Å². The molecule has 3 rings (SSSR count). The number of rotatable bonds is 3. The lowest BCUT2D eigenvalue weighted by molar-refractivity contribution is -0.137. The van der Waals surface area contributed by atoms with E-state index in [4.69, 9.17) is 0 Å². The molecular weight excluding hydrogens is 348 g/mol. The fourth-order valence-electron chi connectivity index (χ4n) is 3.08. The molecule has 1 amide bonds. The maximum atomic E-state index is 13.4. The van der Waals surface area contributed by atoms with E-state index >= 15 is 0 Å². The van der Waals surface area contributed by atoms with Gasteiger partial charge in [-0.1, -0.05) is 6.07 Å². The van der Waals surface area contributed by atoms with Crippen LogP contribution in [-0.2, 0) is 6.18 Å². The summed E-state index contributed by atoms with van der Waals surface area (Å²) in [5, 5.41) is 2.85. The molecule has 1 N–H and O–H groups in total. The Bertz CT molecular complexity index is 774. The third-order valence-electron chi connectivity index (χ3n) is 4.40. The van der Waals surface area contributed by atoms with Crippen molar-refractivity contribution in [3.63, 3.8) is 0 Å². The second kappa shape index (κ2) is 7.35. The molecule has 1 aliphatic heterocycles. The Balaban J connectivity index is 1.64. The fourth-order valence-corrected chi connectivity index (χ4v) is 3.08. The molecule has 1 fully saturated rings. The third kappa shape index (κ3) is 4.33. The zero-order chi connectivity index (χ0) is 18.7. The van der Waals surface area contributed by atoms with Crippen LogP contribution in [0.25, 0.3) is 0 Å². The highest BCUT2D eigenvalue weighted by Gasteiger charge is 2.30. The summed E-state index contributed by atoms with van der Waals surface area (Å²) in [6.45, 7) is 1.28. The first-order valence-electron chi connectivity index (χ1n) is 8.31. The molecule has 0 aromatic heterocycles. The predicted molar refractivity (Wildman–Crippen MR) is 90.5 cm³/mol. The first-order valence-corrected chi connectivity index (χ1v) is 8.31. The molecule has 0 aliphatic carbocycles. The maximum absolute atomic E-state index is 13.4. The zero-order valence-electron chi connectivity index (χ0n) is 13.9. The van der Waals surface area contributed by atoms with Crippen molar-refractivity contribution in [1.29, 1.82) is 0 Å². The van der Waals surface area contributed by atoms with Crippen molar-refractivity contribution < 1.29 is 22.4 Å². The van der Waals surface area contributed by atoms with Crippen molar-refractivity contribution in [1.82, 2.24) is 5.32 Å². The average molecular weight is 366 g/mol. The van der Waals surface area contributed by atoms with Crippen molar-refractivity contribution in [3.8, 4) is 0 Å². The van der Waals surface area contributed by atoms with Gasteiger partial charge in [-0.05, 0) is 55.3 Å². The van der Waals surface area contributed by atoms with E-state index in [-0.39, 0.29) is 17.4 Å². The van der Waals surface area contributed by atoms with Gasteiger partial charge in [0.05, 0.1) is 5.56 Å². The lowest BCUT2D eigenvalue weighted by Gasteiger charge is -2.34. The van der Waals surface area contributed by atoms with Crippen LogP contribution in [0, 0.1) is 5.82 Å². The van der Waals surface area contributed by atoms with E-state index in [0.717, 1.165) is 37.2 Å². The smallest absolute Gasteiger partial charge is 0.369 e. The average Bonchev–Trinajstić information content (AvgIpc) is 2.61. The monoisotopic (exact) mass is 366 g/mol. The van der Waals surface area contributed by atoms with Crippen LogP contribution in [0.3, 0.4) is 0 Å². The van der Waals surface area contributed by atoms with Gasteiger partial charge in [0.25, 0.3) is 5.91 Å². The summed E-state index contributed by atoms with van der Waals surface area (Å²) < 4.78 is 51.2. The summed E-state index contributed by atoms with van der Waals surface area (Å²) in [7, 11) is 0. The van der Waals surface area contributed by atoms with Crippen LogP contribution in [0.2, 0.25) is 0 Å². The van der Waals surface area contributed by atoms with Gasteiger partial charge in [0, 0.05) is 30.4 Å². The van der Waals surface area contributed by atoms with Gasteiger partial charge < -0.3 is 10.2 Å². The van der Waals surface area contributed by atoms with Crippen LogP contribution in [0.5, 0.6) is 0 Å². The number of nitrogens with zero attached hydrogens (tertiary/aromatic N) is 1. The van der Waals surface area contributed by atoms with Crippen LogP contribution in [0.15, 0.2) is 48.5 Å². The number of hydrogen-bond acceptors (Lipinski definition) is 2. The highest BCUT2D eigenvalue weighted by atomic mass is 19.4. The molecule has 1 saturated heterocycles. The number of amides is 1. The van der Waals surface area contributed by atoms with Gasteiger partial charge in [0.15, 0.2) is 0 Å². The molecule has 0 radical (unpaired) electrons. The van der Waals surface area contributed by atoms with E-state index in [2.05, 4.69) is 5.32 Å². The number of carbonyl (C=O) groups excluding carboxylic acids is 1. The van der Waals surface area contributed by atoms with E-state index < -0.39 is 17.6 Å². The van der Waals surface area contributed by atoms with Crippen LogP contribution in [0.1, 0.15) is 28.8 Å². The first kappa shape index (κ1) is 18.2. The van der Waals surface area contributed by atoms with Gasteiger partial charge >= 0.3 is 6.18 Å². The number of anilines is 1. The molecule has 2 aromatic rings. The largest absolute Gasteiger partial charge is 0.416 e. The van der Waals surface area contributed by atoms with Gasteiger partial charge in [-0.2, -0.15) is 13.2 Å². The topological polar surface area (TPSA) is 32.3 Å². The fraction of sp³-hybridized carbons (Fsp3) is 0.316. The number of nitrogens with one attached hydrogen (secondary N) is 1. The van der Waals surface area contributed by atoms with Crippen LogP contribution >= 0.6 is 0 Å². The SMILES string of the molecule is O=C(NC1CCCN(c2cccc(F)c2)C1)c1ccc(C(F)(F)F)cc1. The molecule has 1 heterocycles. The Morgan fingerprint density at radius 1 is 1.12 bits per heavy atom. The van der Waals surface area contributed by atoms with Crippen molar-refractivity contribution in [3.05, 3.63) is 65.5 Å². The second-order valence-electron chi connectivity index (χ2n) is 6.31. The zero-order valence-corrected chi connectivity index (χ0v) is 13.9. The van der Waals surface area contributed by atoms with Crippen molar-refractivity contribution in [2.45, 2.75) is 25.1 Å². The first-order chi connectivity index (χ1) is 12.3. The lowest BCUT2D eigenvalue weighted by Crippen LogP contribution is -2.47. The minimum Gasteiger partial charge on any atom is -0.369 e. The summed E-state index contributed by atoms with van der Waals surface area (Å²) in [6, 6.07) is 10.2. The van der Waals surface area contributed by atoms with Gasteiger partial charge in [0.1, 0.15) is 5.82 Å². The molecule has 0 saturated carbocycles. The van der Waals surface area contributed by atoms with Gasteiger partial charge in [0.2, 0.25) is 0 Å².